The van der Waals surface area contributed by atoms with Crippen LogP contribution >= 0.6 is 0 Å². The zero-order valence-electron chi connectivity index (χ0n) is 28.1. The van der Waals surface area contributed by atoms with Crippen LogP contribution in [0, 0.1) is 10.8 Å². The zero-order chi connectivity index (χ0) is 29.8. The van der Waals surface area contributed by atoms with Crippen LogP contribution in [0.2, 0.25) is 0 Å². The van der Waals surface area contributed by atoms with Gasteiger partial charge in [0.15, 0.2) is 0 Å². The summed E-state index contributed by atoms with van der Waals surface area (Å²) in [6.45, 7) is 23.3. The van der Waals surface area contributed by atoms with Gasteiger partial charge in [-0.2, -0.15) is 0 Å². The first-order valence-electron chi connectivity index (χ1n) is 16.2. The third kappa shape index (κ3) is 11.8. The molecule has 0 spiro atoms. The maximum Gasteiger partial charge on any atom is -0.0104 e. The molecule has 2 aliphatic carbocycles. The molecule has 40 heavy (non-hydrogen) atoms. The van der Waals surface area contributed by atoms with Gasteiger partial charge in [0.05, 0.1) is 0 Å². The van der Waals surface area contributed by atoms with E-state index in [2.05, 4.69) is 118 Å². The van der Waals surface area contributed by atoms with Crippen molar-refractivity contribution in [3.05, 3.63) is 93.2 Å². The van der Waals surface area contributed by atoms with Crippen molar-refractivity contribution in [2.24, 2.45) is 10.8 Å². The fraction of sp³-hybridized carbons (Fsp3) is 0.600. The van der Waals surface area contributed by atoms with Gasteiger partial charge in [0, 0.05) is 0 Å². The van der Waals surface area contributed by atoms with Crippen LogP contribution in [0.4, 0.5) is 0 Å². The van der Waals surface area contributed by atoms with Crippen LogP contribution in [0.3, 0.4) is 0 Å². The van der Waals surface area contributed by atoms with E-state index in [1.54, 1.807) is 22.3 Å². The quantitative estimate of drug-likeness (QED) is 0.123. The molecule has 2 rings (SSSR count). The lowest BCUT2D eigenvalue weighted by molar-refractivity contribution is 0.376. The molecule has 0 radical (unpaired) electrons. The van der Waals surface area contributed by atoms with Gasteiger partial charge in [-0.1, -0.05) is 110 Å². The third-order valence-corrected chi connectivity index (χ3v) is 9.27. The summed E-state index contributed by atoms with van der Waals surface area (Å²) in [6.07, 6.45) is 33.8. The maximum absolute atomic E-state index is 2.44. The van der Waals surface area contributed by atoms with Gasteiger partial charge in [0.25, 0.3) is 0 Å². The molecule has 0 aromatic rings. The summed E-state index contributed by atoms with van der Waals surface area (Å²) in [6, 6.07) is 0. The molecule has 0 bridgehead atoms. The van der Waals surface area contributed by atoms with E-state index in [1.807, 2.05) is 0 Å². The first-order chi connectivity index (χ1) is 18.8. The summed E-state index contributed by atoms with van der Waals surface area (Å²) < 4.78 is 0. The number of allylic oxidation sites excluding steroid dienone is 16. The molecule has 0 N–H and O–H groups in total. The molecule has 0 nitrogen and oxygen atoms in total. The lowest BCUT2D eigenvalue weighted by Gasteiger charge is -2.33. The normalized spacial score (nSPS) is 21.4. The lowest BCUT2D eigenvalue weighted by atomic mass is 9.72. The highest BCUT2D eigenvalue weighted by Gasteiger charge is 2.27. The molecule has 0 aromatic heterocycles. The van der Waals surface area contributed by atoms with E-state index in [0.717, 1.165) is 38.5 Å². The molecule has 0 fully saturated rings. The summed E-state index contributed by atoms with van der Waals surface area (Å²) in [5.41, 5.74) is 12.7. The first-order valence-corrected chi connectivity index (χ1v) is 16.2. The number of hydrogen-bond acceptors (Lipinski definition) is 0. The molecule has 0 heteroatoms. The van der Waals surface area contributed by atoms with Gasteiger partial charge < -0.3 is 0 Å². The van der Waals surface area contributed by atoms with Gasteiger partial charge in [-0.3, -0.25) is 0 Å². The minimum absolute atomic E-state index is 0.321. The summed E-state index contributed by atoms with van der Waals surface area (Å²) in [5.74, 6) is 0. The molecule has 0 saturated heterocycles. The Bertz CT molecular complexity index is 993. The zero-order valence-corrected chi connectivity index (χ0v) is 28.1. The second-order valence-corrected chi connectivity index (χ2v) is 14.2. The van der Waals surface area contributed by atoms with Gasteiger partial charge in [-0.25, -0.2) is 0 Å². The van der Waals surface area contributed by atoms with Crippen molar-refractivity contribution in [1.29, 1.82) is 0 Å². The average molecular weight is 543 g/mol. The summed E-state index contributed by atoms with van der Waals surface area (Å²) >= 11 is 0. The monoisotopic (exact) mass is 542 g/mol. The molecule has 0 aromatic carbocycles. The first kappa shape index (κ1) is 34.1. The van der Waals surface area contributed by atoms with Gasteiger partial charge in [-0.15, -0.1) is 0 Å². The predicted molar refractivity (Wildman–Crippen MR) is 182 cm³/mol. The fourth-order valence-electron chi connectivity index (χ4n) is 6.50. The molecule has 0 atom stereocenters. The number of unbranched alkanes of at least 4 members (excludes halogenated alkanes) is 1. The SMILES string of the molecule is CC1=C(/C=C/C(C)=C\CC/C(C)=C/CC/C=C(\C)CC/C=C(C)/C=C/C2=C(C)CCCC2(C)C)C(C)(C)CCC1. The van der Waals surface area contributed by atoms with Crippen LogP contribution in [-0.2, 0) is 0 Å². The second-order valence-electron chi connectivity index (χ2n) is 14.2. The van der Waals surface area contributed by atoms with Gasteiger partial charge in [0.2, 0.25) is 0 Å². The van der Waals surface area contributed by atoms with Gasteiger partial charge in [0.1, 0.15) is 0 Å². The van der Waals surface area contributed by atoms with E-state index in [-0.39, 0.29) is 0 Å². The van der Waals surface area contributed by atoms with E-state index in [0.29, 0.717) is 10.8 Å². The summed E-state index contributed by atoms with van der Waals surface area (Å²) in [4.78, 5) is 0. The Kier molecular flexibility index (Phi) is 14.0. The average Bonchev–Trinajstić information content (AvgIpc) is 2.85. The van der Waals surface area contributed by atoms with Gasteiger partial charge in [-0.05, 0) is 141 Å². The molecule has 0 saturated carbocycles. The van der Waals surface area contributed by atoms with E-state index < -0.39 is 0 Å². The molecule has 222 valence electrons. The topological polar surface area (TPSA) is 0 Å². The minimum Gasteiger partial charge on any atom is -0.0853 e. The minimum atomic E-state index is 0.321. The Labute approximate surface area is 249 Å². The largest absolute Gasteiger partial charge is 0.0853 e. The molecule has 2 aliphatic rings. The number of rotatable bonds is 13. The highest BCUT2D eigenvalue weighted by molar-refractivity contribution is 5.37. The van der Waals surface area contributed by atoms with Crippen molar-refractivity contribution in [3.8, 4) is 0 Å². The predicted octanol–water partition coefficient (Wildman–Crippen LogP) is 13.3. The van der Waals surface area contributed by atoms with Crippen molar-refractivity contribution in [2.45, 2.75) is 146 Å². The smallest absolute Gasteiger partial charge is 0.0104 e. The lowest BCUT2D eigenvalue weighted by Crippen LogP contribution is -2.19. The summed E-state index contributed by atoms with van der Waals surface area (Å²) in [5, 5.41) is 0. The fourth-order valence-corrected chi connectivity index (χ4v) is 6.50. The van der Waals surface area contributed by atoms with E-state index in [4.69, 9.17) is 0 Å². The molecule has 0 amide bonds. The highest BCUT2D eigenvalue weighted by atomic mass is 14.3. The molecule has 0 heterocycles. The van der Waals surface area contributed by atoms with Crippen molar-refractivity contribution in [2.75, 3.05) is 0 Å². The molecule has 0 unspecified atom stereocenters. The van der Waals surface area contributed by atoms with Crippen molar-refractivity contribution in [3.63, 3.8) is 0 Å². The van der Waals surface area contributed by atoms with E-state index >= 15 is 0 Å². The Hall–Kier alpha value is -2.08. The van der Waals surface area contributed by atoms with Crippen LogP contribution in [0.1, 0.15) is 146 Å². The highest BCUT2D eigenvalue weighted by Crippen LogP contribution is 2.41. The summed E-state index contributed by atoms with van der Waals surface area (Å²) in [7, 11) is 0. The molecular formula is C40H62. The van der Waals surface area contributed by atoms with Crippen LogP contribution < -0.4 is 0 Å². The van der Waals surface area contributed by atoms with Crippen molar-refractivity contribution in [1.82, 2.24) is 0 Å². The molecular weight excluding hydrogens is 480 g/mol. The van der Waals surface area contributed by atoms with Crippen molar-refractivity contribution < 1.29 is 0 Å². The third-order valence-electron chi connectivity index (χ3n) is 9.27. The van der Waals surface area contributed by atoms with Crippen LogP contribution in [0.25, 0.3) is 0 Å². The second kappa shape index (κ2) is 16.4. The Morgan fingerprint density at radius 2 is 0.950 bits per heavy atom. The van der Waals surface area contributed by atoms with Crippen LogP contribution in [0.15, 0.2) is 93.2 Å². The van der Waals surface area contributed by atoms with E-state index in [1.165, 1.54) is 60.8 Å². The standard InChI is InChI=1S/C40H62/c1-31(19-13-21-33(3)25-27-37-35(5)23-15-29-39(37,7)8)17-11-12-18-32(2)20-14-22-34(4)26-28-38-36(6)24-16-30-40(38,9)10/h17-18,21-22,25-28H,11-16,19-20,23-24,29-30H2,1-10H3/b27-25+,28-26+,31-17+,32-18+,33-21-,34-22+. The van der Waals surface area contributed by atoms with Gasteiger partial charge >= 0.3 is 0 Å². The van der Waals surface area contributed by atoms with Crippen molar-refractivity contribution >= 4 is 0 Å². The Balaban J connectivity index is 1.72. The maximum atomic E-state index is 2.44. The van der Waals surface area contributed by atoms with E-state index in [9.17, 15) is 0 Å². The Morgan fingerprint density at radius 1 is 0.575 bits per heavy atom. The number of hydrogen-bond donors (Lipinski definition) is 0. The Morgan fingerprint density at radius 3 is 1.30 bits per heavy atom. The molecule has 0 aliphatic heterocycles. The van der Waals surface area contributed by atoms with Crippen LogP contribution in [-0.4, -0.2) is 0 Å². The van der Waals surface area contributed by atoms with Crippen LogP contribution in [0.5, 0.6) is 0 Å².